The fourth-order valence-corrected chi connectivity index (χ4v) is 5.50. The molecule has 1 saturated heterocycles. The van der Waals surface area contributed by atoms with Crippen LogP contribution in [0.1, 0.15) is 21.3 Å². The van der Waals surface area contributed by atoms with E-state index in [1.807, 2.05) is 43.3 Å². The van der Waals surface area contributed by atoms with Crippen molar-refractivity contribution < 1.29 is 4.79 Å². The van der Waals surface area contributed by atoms with Crippen LogP contribution in [0.15, 0.2) is 36.4 Å². The number of hydrogen-bond acceptors (Lipinski definition) is 7. The number of carbonyl (C=O) groups excluding carboxylic acids is 1. The monoisotopic (exact) mass is 429 g/mol. The average Bonchev–Trinajstić information content (AvgIpc) is 3.29. The summed E-state index contributed by atoms with van der Waals surface area (Å²) in [6.07, 6.45) is 0. The van der Waals surface area contributed by atoms with E-state index in [2.05, 4.69) is 39.3 Å². The molecule has 1 fully saturated rings. The van der Waals surface area contributed by atoms with Crippen molar-refractivity contribution in [1.82, 2.24) is 20.1 Å². The lowest BCUT2D eigenvalue weighted by atomic mass is 10.1. The minimum absolute atomic E-state index is 0.0189. The SMILES string of the molecule is CN1CCN(CC(NC(=O)c2cc3sc(N(C)C)nc3s2)c2ccccc2)CC1. The van der Waals surface area contributed by atoms with Gasteiger partial charge in [-0.2, -0.15) is 0 Å². The Hall–Kier alpha value is -2.00. The van der Waals surface area contributed by atoms with Gasteiger partial charge in [-0.1, -0.05) is 41.7 Å². The molecule has 1 amide bonds. The minimum Gasteiger partial charge on any atom is -0.354 e. The number of anilines is 1. The van der Waals surface area contributed by atoms with Crippen LogP contribution in [-0.2, 0) is 0 Å². The van der Waals surface area contributed by atoms with Crippen LogP contribution in [0.5, 0.6) is 0 Å². The fourth-order valence-electron chi connectivity index (χ4n) is 3.46. The van der Waals surface area contributed by atoms with Gasteiger partial charge < -0.3 is 15.1 Å². The van der Waals surface area contributed by atoms with E-state index in [1.54, 1.807) is 11.3 Å². The Bertz CT molecular complexity index is 929. The molecule has 0 aliphatic carbocycles. The van der Waals surface area contributed by atoms with Crippen molar-refractivity contribution in [2.75, 3.05) is 58.8 Å². The third-order valence-electron chi connectivity index (χ3n) is 5.23. The second kappa shape index (κ2) is 8.79. The number of nitrogens with zero attached hydrogens (tertiary/aromatic N) is 4. The maximum atomic E-state index is 13.0. The third kappa shape index (κ3) is 4.78. The largest absolute Gasteiger partial charge is 0.354 e. The first-order valence-corrected chi connectivity index (χ1v) is 11.5. The van der Waals surface area contributed by atoms with E-state index in [9.17, 15) is 4.79 Å². The minimum atomic E-state index is -0.0301. The summed E-state index contributed by atoms with van der Waals surface area (Å²) in [5.74, 6) is -0.0189. The summed E-state index contributed by atoms with van der Waals surface area (Å²) >= 11 is 3.09. The summed E-state index contributed by atoms with van der Waals surface area (Å²) in [6, 6.07) is 12.2. The van der Waals surface area contributed by atoms with E-state index < -0.39 is 0 Å². The first-order chi connectivity index (χ1) is 14.0. The lowest BCUT2D eigenvalue weighted by Gasteiger charge is -2.35. The average molecular weight is 430 g/mol. The zero-order chi connectivity index (χ0) is 20.4. The number of likely N-dealkylation sites (N-methyl/N-ethyl adjacent to an activating group) is 1. The molecule has 29 heavy (non-hydrogen) atoms. The molecule has 1 aliphatic rings. The van der Waals surface area contributed by atoms with Crippen LogP contribution in [0.3, 0.4) is 0 Å². The van der Waals surface area contributed by atoms with Crippen molar-refractivity contribution in [3.05, 3.63) is 46.8 Å². The number of fused-ring (bicyclic) bond motifs is 1. The second-order valence-corrected chi connectivity index (χ2v) is 9.75. The van der Waals surface area contributed by atoms with Crippen LogP contribution in [0, 0.1) is 0 Å². The molecule has 3 heterocycles. The van der Waals surface area contributed by atoms with Gasteiger partial charge in [0.15, 0.2) is 5.13 Å². The van der Waals surface area contributed by atoms with Crippen molar-refractivity contribution in [2.24, 2.45) is 0 Å². The van der Waals surface area contributed by atoms with Crippen LogP contribution >= 0.6 is 22.7 Å². The van der Waals surface area contributed by atoms with Crippen LogP contribution in [0.25, 0.3) is 9.53 Å². The van der Waals surface area contributed by atoms with E-state index in [-0.39, 0.29) is 11.9 Å². The molecule has 0 radical (unpaired) electrons. The van der Waals surface area contributed by atoms with Gasteiger partial charge in [-0.05, 0) is 18.7 Å². The number of carbonyl (C=O) groups is 1. The molecule has 1 N–H and O–H groups in total. The molecule has 1 atom stereocenters. The molecule has 0 saturated carbocycles. The summed E-state index contributed by atoms with van der Waals surface area (Å²) in [6.45, 7) is 5.02. The molecule has 6 nitrogen and oxygen atoms in total. The predicted octanol–water partition coefficient (Wildman–Crippen LogP) is 3.14. The van der Waals surface area contributed by atoms with Gasteiger partial charge in [0.2, 0.25) is 0 Å². The van der Waals surface area contributed by atoms with Gasteiger partial charge >= 0.3 is 0 Å². The predicted molar refractivity (Wildman–Crippen MR) is 122 cm³/mol. The second-order valence-electron chi connectivity index (χ2n) is 7.71. The van der Waals surface area contributed by atoms with Crippen LogP contribution in [0.2, 0.25) is 0 Å². The summed E-state index contributed by atoms with van der Waals surface area (Å²) in [4.78, 5) is 26.1. The van der Waals surface area contributed by atoms with Gasteiger partial charge in [0.1, 0.15) is 4.83 Å². The summed E-state index contributed by atoms with van der Waals surface area (Å²) in [5, 5.41) is 4.25. The summed E-state index contributed by atoms with van der Waals surface area (Å²) in [5.41, 5.74) is 1.14. The molecule has 0 spiro atoms. The van der Waals surface area contributed by atoms with E-state index in [0.29, 0.717) is 0 Å². The van der Waals surface area contributed by atoms with Crippen LogP contribution < -0.4 is 10.2 Å². The highest BCUT2D eigenvalue weighted by molar-refractivity contribution is 7.29. The van der Waals surface area contributed by atoms with E-state index in [1.165, 1.54) is 11.3 Å². The van der Waals surface area contributed by atoms with E-state index in [4.69, 9.17) is 0 Å². The van der Waals surface area contributed by atoms with E-state index >= 15 is 0 Å². The first-order valence-electron chi connectivity index (χ1n) is 9.84. The summed E-state index contributed by atoms with van der Waals surface area (Å²) in [7, 11) is 6.13. The molecule has 0 bridgehead atoms. The Kier molecular flexibility index (Phi) is 6.15. The first kappa shape index (κ1) is 20.3. The molecule has 4 rings (SSSR count). The van der Waals surface area contributed by atoms with Gasteiger partial charge in [-0.25, -0.2) is 4.98 Å². The number of benzene rings is 1. The number of piperazine rings is 1. The molecular formula is C21H27N5OS2. The van der Waals surface area contributed by atoms with Crippen LogP contribution in [-0.4, -0.2) is 74.6 Å². The smallest absolute Gasteiger partial charge is 0.262 e. The molecular weight excluding hydrogens is 402 g/mol. The maximum Gasteiger partial charge on any atom is 0.262 e. The van der Waals surface area contributed by atoms with Gasteiger partial charge in [0.25, 0.3) is 5.91 Å². The fraction of sp³-hybridized carbons (Fsp3) is 0.429. The Morgan fingerprint density at radius 2 is 1.90 bits per heavy atom. The van der Waals surface area contributed by atoms with Crippen molar-refractivity contribution in [3.8, 4) is 0 Å². The number of aromatic nitrogens is 1. The molecule has 154 valence electrons. The zero-order valence-electron chi connectivity index (χ0n) is 17.1. The molecule has 2 aromatic heterocycles. The lowest BCUT2D eigenvalue weighted by Crippen LogP contribution is -2.47. The normalized spacial score (nSPS) is 16.8. The van der Waals surface area contributed by atoms with Crippen LogP contribution in [0.4, 0.5) is 5.13 Å². The number of hydrogen-bond donors (Lipinski definition) is 1. The molecule has 8 heteroatoms. The zero-order valence-corrected chi connectivity index (χ0v) is 18.7. The van der Waals surface area contributed by atoms with Crippen molar-refractivity contribution >= 4 is 43.2 Å². The maximum absolute atomic E-state index is 13.0. The van der Waals surface area contributed by atoms with Crippen molar-refractivity contribution in [3.63, 3.8) is 0 Å². The number of rotatable bonds is 6. The molecule has 1 aromatic carbocycles. The van der Waals surface area contributed by atoms with Crippen molar-refractivity contribution in [2.45, 2.75) is 6.04 Å². The van der Waals surface area contributed by atoms with E-state index in [0.717, 1.165) is 57.8 Å². The Morgan fingerprint density at radius 3 is 2.55 bits per heavy atom. The highest BCUT2D eigenvalue weighted by Gasteiger charge is 2.23. The highest BCUT2D eigenvalue weighted by atomic mass is 32.1. The van der Waals surface area contributed by atoms with Gasteiger partial charge in [-0.3, -0.25) is 9.69 Å². The van der Waals surface area contributed by atoms with Gasteiger partial charge in [0, 0.05) is 46.8 Å². The Balaban J connectivity index is 1.50. The summed E-state index contributed by atoms with van der Waals surface area (Å²) < 4.78 is 1.07. The topological polar surface area (TPSA) is 51.7 Å². The Morgan fingerprint density at radius 1 is 1.17 bits per heavy atom. The standard InChI is InChI=1S/C21H27N5OS2/c1-24(2)21-23-20-18(29-21)13-17(28-20)19(27)22-16(15-7-5-4-6-8-15)14-26-11-9-25(3)10-12-26/h4-8,13,16H,9-12,14H2,1-3H3,(H,22,27). The van der Waals surface area contributed by atoms with Crippen molar-refractivity contribution in [1.29, 1.82) is 0 Å². The molecule has 3 aromatic rings. The number of thiophene rings is 1. The molecule has 1 aliphatic heterocycles. The number of nitrogens with one attached hydrogen (secondary N) is 1. The van der Waals surface area contributed by atoms with Gasteiger partial charge in [-0.15, -0.1) is 11.3 Å². The van der Waals surface area contributed by atoms with Gasteiger partial charge in [0.05, 0.1) is 15.6 Å². The number of amides is 1. The Labute approximate surface area is 179 Å². The number of thiazole rings is 1. The third-order valence-corrected chi connectivity index (χ3v) is 7.56. The highest BCUT2D eigenvalue weighted by Crippen LogP contribution is 2.34. The lowest BCUT2D eigenvalue weighted by molar-refractivity contribution is 0.0911. The quantitative estimate of drug-likeness (QED) is 0.652. The molecule has 1 unspecified atom stereocenters.